The van der Waals surface area contributed by atoms with Crippen molar-refractivity contribution in [1.82, 2.24) is 4.31 Å². The zero-order valence-corrected chi connectivity index (χ0v) is 13.0. The Hall–Kier alpha value is -1.22. The summed E-state index contributed by atoms with van der Waals surface area (Å²) in [4.78, 5) is 9.92. The minimum Gasteiger partial charge on any atom is -0.326 e. The van der Waals surface area contributed by atoms with Gasteiger partial charge in [0.25, 0.3) is 5.69 Å². The third kappa shape index (κ3) is 3.34. The fourth-order valence-electron chi connectivity index (χ4n) is 2.50. The number of non-ortho nitro benzene ring substituents is 1. The number of nitro groups is 1. The molecule has 2 atom stereocenters. The second-order valence-electron chi connectivity index (χ2n) is 5.29. The summed E-state index contributed by atoms with van der Waals surface area (Å²) >= 11 is 5.91. The molecular formula is C12H16ClN3O4S. The van der Waals surface area contributed by atoms with Crippen molar-refractivity contribution in [3.8, 4) is 0 Å². The van der Waals surface area contributed by atoms with Crippen LogP contribution in [0.4, 0.5) is 5.69 Å². The van der Waals surface area contributed by atoms with Gasteiger partial charge in [0, 0.05) is 31.3 Å². The molecule has 0 radical (unpaired) electrons. The second-order valence-corrected chi connectivity index (χ2v) is 7.61. The van der Waals surface area contributed by atoms with Gasteiger partial charge in [-0.2, -0.15) is 4.31 Å². The summed E-state index contributed by atoms with van der Waals surface area (Å²) in [5.41, 5.74) is 5.62. The average molecular weight is 334 g/mol. The monoisotopic (exact) mass is 333 g/mol. The summed E-state index contributed by atoms with van der Waals surface area (Å²) in [7, 11) is -3.80. The van der Waals surface area contributed by atoms with Crippen molar-refractivity contribution in [3.63, 3.8) is 0 Å². The highest BCUT2D eigenvalue weighted by atomic mass is 35.5. The number of nitrogens with zero attached hydrogens (tertiary/aromatic N) is 2. The molecule has 0 spiro atoms. The number of benzene rings is 1. The first-order valence-electron chi connectivity index (χ1n) is 6.41. The van der Waals surface area contributed by atoms with E-state index < -0.39 is 14.9 Å². The molecule has 0 saturated carbocycles. The van der Waals surface area contributed by atoms with Gasteiger partial charge in [-0.05, 0) is 18.4 Å². The van der Waals surface area contributed by atoms with E-state index in [1.54, 1.807) is 0 Å². The van der Waals surface area contributed by atoms with Crippen molar-refractivity contribution in [2.75, 3.05) is 13.1 Å². The van der Waals surface area contributed by atoms with E-state index in [2.05, 4.69) is 0 Å². The summed E-state index contributed by atoms with van der Waals surface area (Å²) < 4.78 is 26.5. The summed E-state index contributed by atoms with van der Waals surface area (Å²) in [6, 6.07) is 3.12. The maximum Gasteiger partial charge on any atom is 0.271 e. The molecule has 1 fully saturated rings. The highest BCUT2D eigenvalue weighted by Gasteiger charge is 2.33. The minimum absolute atomic E-state index is 0.129. The van der Waals surface area contributed by atoms with Gasteiger partial charge < -0.3 is 5.73 Å². The Balaban J connectivity index is 2.37. The molecule has 2 rings (SSSR count). The van der Waals surface area contributed by atoms with Crippen LogP contribution in [0, 0.1) is 16.0 Å². The molecule has 9 heteroatoms. The molecule has 1 aliphatic rings. The molecule has 21 heavy (non-hydrogen) atoms. The van der Waals surface area contributed by atoms with Gasteiger partial charge in [-0.25, -0.2) is 8.42 Å². The SMILES string of the molecule is CC1CC(N)CN(S(=O)(=O)c2ccc([N+](=O)[O-])cc2Cl)C1. The Bertz CT molecular complexity index is 654. The van der Waals surface area contributed by atoms with Gasteiger partial charge in [0.05, 0.1) is 9.95 Å². The number of rotatable bonds is 3. The van der Waals surface area contributed by atoms with Gasteiger partial charge >= 0.3 is 0 Å². The molecule has 7 nitrogen and oxygen atoms in total. The molecule has 1 saturated heterocycles. The third-order valence-corrected chi connectivity index (χ3v) is 5.72. The fourth-order valence-corrected chi connectivity index (χ4v) is 4.63. The number of sulfonamides is 1. The van der Waals surface area contributed by atoms with Gasteiger partial charge in [-0.1, -0.05) is 18.5 Å². The van der Waals surface area contributed by atoms with E-state index in [0.717, 1.165) is 18.6 Å². The fraction of sp³-hybridized carbons (Fsp3) is 0.500. The van der Waals surface area contributed by atoms with Crippen LogP contribution in [0.15, 0.2) is 23.1 Å². The number of piperidine rings is 1. The van der Waals surface area contributed by atoms with Crippen LogP contribution in [-0.2, 0) is 10.0 Å². The van der Waals surface area contributed by atoms with Crippen LogP contribution in [0.5, 0.6) is 0 Å². The lowest BCUT2D eigenvalue weighted by molar-refractivity contribution is -0.384. The average Bonchev–Trinajstić information content (AvgIpc) is 2.36. The highest BCUT2D eigenvalue weighted by Crippen LogP contribution is 2.30. The number of halogens is 1. The first-order valence-corrected chi connectivity index (χ1v) is 8.23. The van der Waals surface area contributed by atoms with Crippen molar-refractivity contribution >= 4 is 27.3 Å². The van der Waals surface area contributed by atoms with E-state index in [1.807, 2.05) is 6.92 Å². The standard InChI is InChI=1S/C12H16ClN3O4S/c1-8-4-9(14)7-15(6-8)21(19,20)12-3-2-10(16(17)18)5-11(12)13/h2-3,5,8-9H,4,6-7,14H2,1H3. The zero-order chi connectivity index (χ0) is 15.8. The van der Waals surface area contributed by atoms with E-state index in [4.69, 9.17) is 17.3 Å². The van der Waals surface area contributed by atoms with Crippen LogP contribution in [0.2, 0.25) is 5.02 Å². The molecule has 0 bridgehead atoms. The molecule has 1 heterocycles. The maximum atomic E-state index is 12.6. The van der Waals surface area contributed by atoms with Gasteiger partial charge in [-0.3, -0.25) is 10.1 Å². The molecule has 0 aromatic heterocycles. The first kappa shape index (κ1) is 16.2. The van der Waals surface area contributed by atoms with Crippen LogP contribution in [-0.4, -0.2) is 36.8 Å². The summed E-state index contributed by atoms with van der Waals surface area (Å²) in [6.07, 6.45) is 0.764. The Morgan fingerprint density at radius 3 is 2.62 bits per heavy atom. The number of hydrogen-bond acceptors (Lipinski definition) is 5. The smallest absolute Gasteiger partial charge is 0.271 e. The lowest BCUT2D eigenvalue weighted by atomic mass is 9.99. The molecule has 116 valence electrons. The van der Waals surface area contributed by atoms with Crippen LogP contribution < -0.4 is 5.73 Å². The molecular weight excluding hydrogens is 318 g/mol. The van der Waals surface area contributed by atoms with Crippen molar-refractivity contribution in [2.45, 2.75) is 24.3 Å². The largest absolute Gasteiger partial charge is 0.326 e. The van der Waals surface area contributed by atoms with Crippen LogP contribution >= 0.6 is 11.6 Å². The first-order chi connectivity index (χ1) is 9.71. The van der Waals surface area contributed by atoms with Crippen molar-refractivity contribution < 1.29 is 13.3 Å². The molecule has 1 aromatic rings. The topological polar surface area (TPSA) is 107 Å². The van der Waals surface area contributed by atoms with Gasteiger partial charge in [-0.15, -0.1) is 0 Å². The van der Waals surface area contributed by atoms with Crippen LogP contribution in [0.25, 0.3) is 0 Å². The van der Waals surface area contributed by atoms with E-state index in [1.165, 1.54) is 10.4 Å². The number of hydrogen-bond donors (Lipinski definition) is 1. The lowest BCUT2D eigenvalue weighted by Gasteiger charge is -2.33. The molecule has 1 aromatic carbocycles. The van der Waals surface area contributed by atoms with Gasteiger partial charge in [0.1, 0.15) is 4.90 Å². The number of nitro benzene ring substituents is 1. The Morgan fingerprint density at radius 2 is 2.10 bits per heavy atom. The molecule has 0 aliphatic carbocycles. The van der Waals surface area contributed by atoms with E-state index in [-0.39, 0.29) is 34.1 Å². The Labute approximate surface area is 127 Å². The Kier molecular flexibility index (Phi) is 4.52. The minimum atomic E-state index is -3.80. The summed E-state index contributed by atoms with van der Waals surface area (Å²) in [5, 5.41) is 10.5. The predicted octanol–water partition coefficient (Wildman–Crippen LogP) is 1.61. The van der Waals surface area contributed by atoms with Crippen LogP contribution in [0.3, 0.4) is 0 Å². The maximum absolute atomic E-state index is 12.6. The quantitative estimate of drug-likeness (QED) is 0.668. The molecule has 0 amide bonds. The van der Waals surface area contributed by atoms with Crippen molar-refractivity contribution in [3.05, 3.63) is 33.3 Å². The van der Waals surface area contributed by atoms with Crippen molar-refractivity contribution in [2.24, 2.45) is 11.7 Å². The zero-order valence-electron chi connectivity index (χ0n) is 11.4. The highest BCUT2D eigenvalue weighted by molar-refractivity contribution is 7.89. The molecule has 2 N–H and O–H groups in total. The molecule has 1 aliphatic heterocycles. The van der Waals surface area contributed by atoms with E-state index in [9.17, 15) is 18.5 Å². The molecule has 2 unspecified atom stereocenters. The summed E-state index contributed by atoms with van der Waals surface area (Å²) in [6.45, 7) is 2.52. The normalized spacial score (nSPS) is 24.0. The second kappa shape index (κ2) is 5.88. The number of nitrogens with two attached hydrogens (primary N) is 1. The third-order valence-electron chi connectivity index (χ3n) is 3.40. The van der Waals surface area contributed by atoms with Gasteiger partial charge in [0.2, 0.25) is 10.0 Å². The van der Waals surface area contributed by atoms with Gasteiger partial charge in [0.15, 0.2) is 0 Å². The predicted molar refractivity (Wildman–Crippen MR) is 78.6 cm³/mol. The lowest BCUT2D eigenvalue weighted by Crippen LogP contribution is -2.48. The van der Waals surface area contributed by atoms with Crippen LogP contribution in [0.1, 0.15) is 13.3 Å². The summed E-state index contributed by atoms with van der Waals surface area (Å²) in [5.74, 6) is 0.153. The van der Waals surface area contributed by atoms with Crippen molar-refractivity contribution in [1.29, 1.82) is 0 Å². The van der Waals surface area contributed by atoms with E-state index >= 15 is 0 Å². The Morgan fingerprint density at radius 1 is 1.43 bits per heavy atom. The van der Waals surface area contributed by atoms with E-state index in [0.29, 0.717) is 6.54 Å².